The molecule has 3 aliphatic rings. The number of hydrogen-bond donors (Lipinski definition) is 1. The number of methoxy groups -OCH3 is 1. The Morgan fingerprint density at radius 1 is 0.792 bits per heavy atom. The highest BCUT2D eigenvalue weighted by atomic mass is 28.4. The number of aliphatic hydroxyl groups is 1. The van der Waals surface area contributed by atoms with Crippen molar-refractivity contribution in [1.82, 2.24) is 0 Å². The maximum absolute atomic E-state index is 11.4. The number of rotatable bonds is 8. The maximum Gasteiger partial charge on any atom is 0.261 e. The Kier molecular flexibility index (Phi) is 13.2. The average molecular weight is 679 g/mol. The zero-order valence-corrected chi connectivity index (χ0v) is 31.6. The van der Waals surface area contributed by atoms with Gasteiger partial charge in [-0.1, -0.05) is 114 Å². The van der Waals surface area contributed by atoms with Crippen LogP contribution in [0.1, 0.15) is 99.3 Å². The summed E-state index contributed by atoms with van der Waals surface area (Å²) < 4.78 is 33.8. The first-order chi connectivity index (χ1) is 23.0. The van der Waals surface area contributed by atoms with Crippen LogP contribution < -0.4 is 10.4 Å². The number of allylic oxidation sites excluding steroid dienone is 1. The fraction of sp³-hybridized carbons (Fsp3) is 0.659. The number of fused-ring (bicyclic) bond motifs is 4. The average Bonchev–Trinajstić information content (AvgIpc) is 3.04. The van der Waals surface area contributed by atoms with Crippen molar-refractivity contribution in [3.8, 4) is 0 Å². The van der Waals surface area contributed by atoms with Crippen LogP contribution in [0.5, 0.6) is 0 Å². The lowest BCUT2D eigenvalue weighted by Crippen LogP contribution is -2.68. The first-order valence-corrected chi connectivity index (χ1v) is 20.5. The Morgan fingerprint density at radius 2 is 1.40 bits per heavy atom. The molecule has 0 saturated carbocycles. The molecule has 0 aliphatic carbocycles. The van der Waals surface area contributed by atoms with E-state index < -0.39 is 14.6 Å². The van der Waals surface area contributed by atoms with Gasteiger partial charge in [0.1, 0.15) is 0 Å². The molecule has 0 spiro atoms. The lowest BCUT2D eigenvalue weighted by Gasteiger charge is -2.48. The van der Waals surface area contributed by atoms with Crippen molar-refractivity contribution in [2.24, 2.45) is 11.8 Å². The number of ether oxygens (including phenoxy) is 4. The third-order valence-electron chi connectivity index (χ3n) is 10.7. The molecule has 2 aromatic rings. The van der Waals surface area contributed by atoms with Gasteiger partial charge in [0.25, 0.3) is 8.32 Å². The highest BCUT2D eigenvalue weighted by molar-refractivity contribution is 6.99. The van der Waals surface area contributed by atoms with E-state index in [4.69, 9.17) is 23.4 Å². The van der Waals surface area contributed by atoms with Gasteiger partial charge >= 0.3 is 0 Å². The quantitative estimate of drug-likeness (QED) is 0.230. The number of benzene rings is 2. The molecule has 2 aromatic carbocycles. The molecular formula is C41H62O6Si. The molecule has 3 aliphatic heterocycles. The summed E-state index contributed by atoms with van der Waals surface area (Å²) in [6.45, 7) is 13.7. The maximum atomic E-state index is 11.4. The van der Waals surface area contributed by atoms with E-state index in [2.05, 4.69) is 114 Å². The van der Waals surface area contributed by atoms with Gasteiger partial charge in [-0.15, -0.1) is 0 Å². The topological polar surface area (TPSA) is 66.4 Å². The molecule has 48 heavy (non-hydrogen) atoms. The summed E-state index contributed by atoms with van der Waals surface area (Å²) in [6.07, 6.45) is 10.4. The lowest BCUT2D eigenvalue weighted by molar-refractivity contribution is -0.187. The van der Waals surface area contributed by atoms with Gasteiger partial charge in [0, 0.05) is 26.4 Å². The Morgan fingerprint density at radius 3 is 1.98 bits per heavy atom. The highest BCUT2D eigenvalue weighted by Crippen LogP contribution is 2.41. The summed E-state index contributed by atoms with van der Waals surface area (Å²) in [4.78, 5) is 0. The molecule has 4 bridgehead atoms. The molecule has 0 amide bonds. The summed E-state index contributed by atoms with van der Waals surface area (Å²) in [6, 6.07) is 21.7. The van der Waals surface area contributed by atoms with Crippen molar-refractivity contribution >= 4 is 18.7 Å². The van der Waals surface area contributed by atoms with E-state index in [1.165, 1.54) is 10.4 Å². The zero-order chi connectivity index (χ0) is 34.3. The van der Waals surface area contributed by atoms with Gasteiger partial charge in [-0.3, -0.25) is 0 Å². The Hall–Kier alpha value is -1.84. The fourth-order valence-corrected chi connectivity index (χ4v) is 12.9. The fourth-order valence-electron chi connectivity index (χ4n) is 8.22. The summed E-state index contributed by atoms with van der Waals surface area (Å²) in [5.74, 6) is 1.02. The normalized spacial score (nSPS) is 32.6. The zero-order valence-electron chi connectivity index (χ0n) is 30.6. The van der Waals surface area contributed by atoms with Crippen LogP contribution in [0.3, 0.4) is 0 Å². The second-order valence-corrected chi connectivity index (χ2v) is 20.3. The molecule has 1 unspecified atom stereocenters. The predicted octanol–water partition coefficient (Wildman–Crippen LogP) is 7.56. The monoisotopic (exact) mass is 678 g/mol. The number of aliphatic hydroxyl groups excluding tert-OH is 1. The van der Waals surface area contributed by atoms with Crippen LogP contribution in [-0.4, -0.2) is 69.6 Å². The smallest absolute Gasteiger partial charge is 0.261 e. The SMILES string of the molecule is CO[C@@H]1C[C@@H]2C[C@@H](O[Si](c3ccccc3)(c3ccccc3)C(C)(C)C)C[C@H](CC(O)O[C@@H](/C=C/CC(C)C)C[C@@H]3CC[C@H](C)[C@@H](C1)O3)O2. The van der Waals surface area contributed by atoms with E-state index >= 15 is 0 Å². The van der Waals surface area contributed by atoms with Gasteiger partial charge in [-0.25, -0.2) is 0 Å². The van der Waals surface area contributed by atoms with Gasteiger partial charge in [0.05, 0.1) is 42.7 Å². The van der Waals surface area contributed by atoms with E-state index in [9.17, 15) is 5.11 Å². The molecule has 3 heterocycles. The van der Waals surface area contributed by atoms with Gasteiger partial charge in [0.2, 0.25) is 0 Å². The van der Waals surface area contributed by atoms with E-state index in [1.54, 1.807) is 0 Å². The number of hydrogen-bond acceptors (Lipinski definition) is 6. The van der Waals surface area contributed by atoms with Crippen molar-refractivity contribution < 1.29 is 28.5 Å². The molecule has 1 N–H and O–H groups in total. The van der Waals surface area contributed by atoms with E-state index in [-0.39, 0.29) is 47.8 Å². The first-order valence-electron chi connectivity index (χ1n) is 18.6. The molecule has 0 radical (unpaired) electrons. The standard InChI is InChI=1S/C41H62O6Si/c1-29(2)15-14-16-31-23-32-22-21-30(3)39(45-32)27-33(43-7)24-34-25-36(26-35(44-34)28-40(42)46-31)47-48(41(4,5)6,37-17-10-8-11-18-37)38-19-12-9-13-20-38/h8-14,16-20,29-36,39-40,42H,15,21-28H2,1-7H3/b16-14+/t30-,31-,32-,33+,34+,35+,36+,39+,40?/m0/s1. The summed E-state index contributed by atoms with van der Waals surface area (Å²) in [7, 11) is -0.960. The van der Waals surface area contributed by atoms with Gasteiger partial charge < -0.3 is 28.5 Å². The van der Waals surface area contributed by atoms with Crippen molar-refractivity contribution in [2.75, 3.05) is 7.11 Å². The van der Waals surface area contributed by atoms with Crippen molar-refractivity contribution in [1.29, 1.82) is 0 Å². The third kappa shape index (κ3) is 9.48. The predicted molar refractivity (Wildman–Crippen MR) is 196 cm³/mol. The minimum absolute atomic E-state index is 0.0133. The minimum atomic E-state index is -2.78. The van der Waals surface area contributed by atoms with Gasteiger partial charge in [0.15, 0.2) is 6.29 Å². The largest absolute Gasteiger partial charge is 0.404 e. The summed E-state index contributed by atoms with van der Waals surface area (Å²) in [5, 5.41) is 13.9. The summed E-state index contributed by atoms with van der Waals surface area (Å²) >= 11 is 0. The minimum Gasteiger partial charge on any atom is -0.404 e. The first kappa shape index (κ1) is 37.4. The molecular weight excluding hydrogens is 617 g/mol. The molecule has 5 rings (SSSR count). The summed E-state index contributed by atoms with van der Waals surface area (Å²) in [5.41, 5.74) is 0. The Balaban J connectivity index is 1.47. The van der Waals surface area contributed by atoms with Gasteiger partial charge in [-0.05, 0) is 65.8 Å². The van der Waals surface area contributed by atoms with Gasteiger partial charge in [-0.2, -0.15) is 0 Å². The van der Waals surface area contributed by atoms with Crippen LogP contribution in [0.25, 0.3) is 0 Å². The molecule has 3 fully saturated rings. The van der Waals surface area contributed by atoms with E-state index in [1.807, 2.05) is 7.11 Å². The second-order valence-electron chi connectivity index (χ2n) is 16.1. The van der Waals surface area contributed by atoms with E-state index in [0.717, 1.165) is 44.9 Å². The van der Waals surface area contributed by atoms with E-state index in [0.29, 0.717) is 24.7 Å². The molecule has 7 heteroatoms. The van der Waals surface area contributed by atoms with Crippen LogP contribution in [0.4, 0.5) is 0 Å². The Labute approximate surface area is 291 Å². The van der Waals surface area contributed by atoms with Crippen LogP contribution >= 0.6 is 0 Å². The van der Waals surface area contributed by atoms with Crippen LogP contribution in [0.2, 0.25) is 5.04 Å². The Bertz CT molecular complexity index is 1220. The van der Waals surface area contributed by atoms with Crippen LogP contribution in [-0.2, 0) is 23.4 Å². The molecule has 6 nitrogen and oxygen atoms in total. The van der Waals surface area contributed by atoms with Crippen molar-refractivity contribution in [2.45, 2.75) is 153 Å². The lowest BCUT2D eigenvalue weighted by atomic mass is 9.86. The molecule has 9 atom stereocenters. The molecule has 3 saturated heterocycles. The third-order valence-corrected chi connectivity index (χ3v) is 15.8. The highest BCUT2D eigenvalue weighted by Gasteiger charge is 2.52. The molecule has 0 aromatic heterocycles. The molecule has 266 valence electrons. The van der Waals surface area contributed by atoms with Crippen LogP contribution in [0.15, 0.2) is 72.8 Å². The van der Waals surface area contributed by atoms with Crippen LogP contribution in [0, 0.1) is 11.8 Å². The van der Waals surface area contributed by atoms with Crippen molar-refractivity contribution in [3.63, 3.8) is 0 Å². The second kappa shape index (κ2) is 16.9. The van der Waals surface area contributed by atoms with Crippen molar-refractivity contribution in [3.05, 3.63) is 72.8 Å².